The maximum absolute atomic E-state index is 13.9. The van der Waals surface area contributed by atoms with Gasteiger partial charge in [-0.3, -0.25) is 4.79 Å². The van der Waals surface area contributed by atoms with Crippen LogP contribution in [0.2, 0.25) is 0 Å². The van der Waals surface area contributed by atoms with Crippen molar-refractivity contribution in [3.8, 4) is 0 Å². The standard InChI is InChI=1S/C19H24FN3O4S/c1-19(2,3)16-12-17(22-27-16)21-18(24)13-8-10-23(11-9-13)28(25,26)15-7-5-4-6-14(15)20/h4-7,12-13H,8-11H2,1-3H3,(H,21,22,24). The summed E-state index contributed by atoms with van der Waals surface area (Å²) in [5.41, 5.74) is -0.220. The molecule has 1 aliphatic heterocycles. The van der Waals surface area contributed by atoms with Crippen molar-refractivity contribution in [1.82, 2.24) is 9.46 Å². The van der Waals surface area contributed by atoms with E-state index in [1.807, 2.05) is 20.8 Å². The zero-order valence-electron chi connectivity index (χ0n) is 16.1. The van der Waals surface area contributed by atoms with E-state index in [-0.39, 0.29) is 35.2 Å². The van der Waals surface area contributed by atoms with E-state index in [2.05, 4.69) is 10.5 Å². The predicted octanol–water partition coefficient (Wildman–Crippen LogP) is 3.15. The predicted molar refractivity (Wildman–Crippen MR) is 102 cm³/mol. The minimum atomic E-state index is -3.91. The number of nitrogens with one attached hydrogen (secondary N) is 1. The average Bonchev–Trinajstić information content (AvgIpc) is 3.11. The average molecular weight is 409 g/mol. The van der Waals surface area contributed by atoms with Crippen LogP contribution in [0.4, 0.5) is 10.2 Å². The maximum Gasteiger partial charge on any atom is 0.245 e. The lowest BCUT2D eigenvalue weighted by atomic mass is 9.93. The van der Waals surface area contributed by atoms with Gasteiger partial charge in [-0.15, -0.1) is 0 Å². The summed E-state index contributed by atoms with van der Waals surface area (Å²) >= 11 is 0. The Labute approximate surface area is 163 Å². The van der Waals surface area contributed by atoms with Gasteiger partial charge in [0.1, 0.15) is 16.5 Å². The van der Waals surface area contributed by atoms with Crippen molar-refractivity contribution in [2.45, 2.75) is 43.9 Å². The van der Waals surface area contributed by atoms with Crippen LogP contribution in [0.1, 0.15) is 39.4 Å². The Morgan fingerprint density at radius 1 is 1.25 bits per heavy atom. The second-order valence-corrected chi connectivity index (χ2v) is 9.83. The van der Waals surface area contributed by atoms with Gasteiger partial charge in [-0.2, -0.15) is 4.31 Å². The van der Waals surface area contributed by atoms with E-state index in [1.165, 1.54) is 22.5 Å². The van der Waals surface area contributed by atoms with Crippen LogP contribution in [0.25, 0.3) is 0 Å². The Morgan fingerprint density at radius 3 is 2.46 bits per heavy atom. The second-order valence-electron chi connectivity index (χ2n) is 7.92. The molecule has 28 heavy (non-hydrogen) atoms. The molecule has 0 bridgehead atoms. The molecule has 1 amide bonds. The Morgan fingerprint density at radius 2 is 1.89 bits per heavy atom. The molecule has 0 spiro atoms. The highest BCUT2D eigenvalue weighted by Gasteiger charge is 2.33. The lowest BCUT2D eigenvalue weighted by Crippen LogP contribution is -2.41. The van der Waals surface area contributed by atoms with Crippen molar-refractivity contribution in [3.05, 3.63) is 41.9 Å². The molecular formula is C19H24FN3O4S. The van der Waals surface area contributed by atoms with Crippen molar-refractivity contribution < 1.29 is 22.1 Å². The van der Waals surface area contributed by atoms with Crippen LogP contribution < -0.4 is 5.32 Å². The SMILES string of the molecule is CC(C)(C)c1cc(NC(=O)C2CCN(S(=O)(=O)c3ccccc3F)CC2)no1. The van der Waals surface area contributed by atoms with Crippen molar-refractivity contribution in [1.29, 1.82) is 0 Å². The zero-order valence-corrected chi connectivity index (χ0v) is 16.9. The second kappa shape index (κ2) is 7.63. The molecule has 2 heterocycles. The molecule has 0 saturated carbocycles. The summed E-state index contributed by atoms with van der Waals surface area (Å²) in [5.74, 6) is -0.341. The maximum atomic E-state index is 13.9. The Kier molecular flexibility index (Phi) is 5.58. The first-order valence-electron chi connectivity index (χ1n) is 9.12. The molecule has 2 aromatic rings. The van der Waals surface area contributed by atoms with Crippen molar-refractivity contribution in [3.63, 3.8) is 0 Å². The van der Waals surface area contributed by atoms with Crippen LogP contribution in [-0.2, 0) is 20.2 Å². The molecule has 1 saturated heterocycles. The van der Waals surface area contributed by atoms with Crippen LogP contribution in [0, 0.1) is 11.7 Å². The molecule has 3 rings (SSSR count). The number of hydrogen-bond donors (Lipinski definition) is 1. The quantitative estimate of drug-likeness (QED) is 0.837. The number of nitrogens with zero attached hydrogens (tertiary/aromatic N) is 2. The topological polar surface area (TPSA) is 92.5 Å². The molecule has 0 radical (unpaired) electrons. The van der Waals surface area contributed by atoms with E-state index in [9.17, 15) is 17.6 Å². The first-order chi connectivity index (χ1) is 13.1. The Balaban J connectivity index is 1.61. The van der Waals surface area contributed by atoms with E-state index in [0.717, 1.165) is 6.07 Å². The van der Waals surface area contributed by atoms with Crippen LogP contribution in [0.3, 0.4) is 0 Å². The molecule has 1 aromatic carbocycles. The molecule has 0 atom stereocenters. The van der Waals surface area contributed by atoms with E-state index in [4.69, 9.17) is 4.52 Å². The minimum absolute atomic E-state index is 0.154. The van der Waals surface area contributed by atoms with Gasteiger partial charge in [0.25, 0.3) is 0 Å². The fourth-order valence-electron chi connectivity index (χ4n) is 3.07. The van der Waals surface area contributed by atoms with Gasteiger partial charge in [-0.1, -0.05) is 38.1 Å². The molecule has 1 aliphatic rings. The van der Waals surface area contributed by atoms with Gasteiger partial charge in [-0.25, -0.2) is 12.8 Å². The highest BCUT2D eigenvalue weighted by atomic mass is 32.2. The molecule has 0 aliphatic carbocycles. The molecule has 0 unspecified atom stereocenters. The number of anilines is 1. The summed E-state index contributed by atoms with van der Waals surface area (Å²) in [6, 6.07) is 6.99. The number of sulfonamides is 1. The molecule has 1 N–H and O–H groups in total. The largest absolute Gasteiger partial charge is 0.359 e. The summed E-state index contributed by atoms with van der Waals surface area (Å²) in [5, 5.41) is 6.59. The molecule has 7 nitrogen and oxygen atoms in total. The number of aromatic nitrogens is 1. The molecule has 1 fully saturated rings. The van der Waals surface area contributed by atoms with E-state index in [1.54, 1.807) is 6.07 Å². The number of halogens is 1. The number of carbonyl (C=O) groups is 1. The number of carbonyl (C=O) groups excluding carboxylic acids is 1. The number of rotatable bonds is 4. The summed E-state index contributed by atoms with van der Waals surface area (Å²) in [6.07, 6.45) is 0.701. The molecular weight excluding hydrogens is 385 g/mol. The minimum Gasteiger partial charge on any atom is -0.359 e. The van der Waals surface area contributed by atoms with E-state index in [0.29, 0.717) is 24.4 Å². The summed E-state index contributed by atoms with van der Waals surface area (Å²) < 4.78 is 45.6. The van der Waals surface area contributed by atoms with Gasteiger partial charge in [0.2, 0.25) is 15.9 Å². The first kappa shape index (κ1) is 20.5. The highest BCUT2D eigenvalue weighted by Crippen LogP contribution is 2.27. The number of benzene rings is 1. The number of piperidine rings is 1. The third-order valence-corrected chi connectivity index (χ3v) is 6.71. The summed E-state index contributed by atoms with van der Waals surface area (Å²) in [6.45, 7) is 6.24. The first-order valence-corrected chi connectivity index (χ1v) is 10.6. The zero-order chi connectivity index (χ0) is 20.5. The Hall–Kier alpha value is -2.26. The monoisotopic (exact) mass is 409 g/mol. The number of amides is 1. The third kappa shape index (κ3) is 4.25. The lowest BCUT2D eigenvalue weighted by Gasteiger charge is -2.30. The number of hydrogen-bond acceptors (Lipinski definition) is 5. The van der Waals surface area contributed by atoms with Crippen LogP contribution >= 0.6 is 0 Å². The molecule has 1 aromatic heterocycles. The fraction of sp³-hybridized carbons (Fsp3) is 0.474. The molecule has 152 valence electrons. The summed E-state index contributed by atoms with van der Waals surface area (Å²) in [7, 11) is -3.91. The highest BCUT2D eigenvalue weighted by molar-refractivity contribution is 7.89. The van der Waals surface area contributed by atoms with E-state index >= 15 is 0 Å². The van der Waals surface area contributed by atoms with Gasteiger partial charge in [0, 0.05) is 30.5 Å². The van der Waals surface area contributed by atoms with Crippen molar-refractivity contribution >= 4 is 21.7 Å². The smallest absolute Gasteiger partial charge is 0.245 e. The lowest BCUT2D eigenvalue weighted by molar-refractivity contribution is -0.120. The Bertz CT molecular complexity index is 958. The van der Waals surface area contributed by atoms with Crippen LogP contribution in [0.15, 0.2) is 39.8 Å². The van der Waals surface area contributed by atoms with Gasteiger partial charge in [0.15, 0.2) is 5.82 Å². The summed E-state index contributed by atoms with van der Waals surface area (Å²) in [4.78, 5) is 12.1. The molecule has 9 heteroatoms. The van der Waals surface area contributed by atoms with Crippen molar-refractivity contribution in [2.75, 3.05) is 18.4 Å². The van der Waals surface area contributed by atoms with Crippen LogP contribution in [-0.4, -0.2) is 36.9 Å². The van der Waals surface area contributed by atoms with Gasteiger partial charge >= 0.3 is 0 Å². The normalized spacial score (nSPS) is 16.9. The van der Waals surface area contributed by atoms with Gasteiger partial charge < -0.3 is 9.84 Å². The van der Waals surface area contributed by atoms with Crippen molar-refractivity contribution in [2.24, 2.45) is 5.92 Å². The van der Waals surface area contributed by atoms with Gasteiger partial charge in [0.05, 0.1) is 0 Å². The third-order valence-electron chi connectivity index (χ3n) is 4.78. The fourth-order valence-corrected chi connectivity index (χ4v) is 4.60. The van der Waals surface area contributed by atoms with Gasteiger partial charge in [-0.05, 0) is 25.0 Å². The van der Waals surface area contributed by atoms with E-state index < -0.39 is 15.8 Å². The van der Waals surface area contributed by atoms with Crippen LogP contribution in [0.5, 0.6) is 0 Å².